The molecule has 1 aliphatic carbocycles. The molecule has 1 saturated heterocycles. The summed E-state index contributed by atoms with van der Waals surface area (Å²) in [5.41, 5.74) is 0.487. The van der Waals surface area contributed by atoms with Gasteiger partial charge in [-0.2, -0.15) is 10.2 Å². The number of likely N-dealkylation sites (tertiary alicyclic amines) is 1. The van der Waals surface area contributed by atoms with E-state index in [1.54, 1.807) is 6.07 Å². The Morgan fingerprint density at radius 2 is 2.05 bits per heavy atom. The molecule has 1 amide bonds. The van der Waals surface area contributed by atoms with Crippen LogP contribution in [0.15, 0.2) is 18.5 Å². The van der Waals surface area contributed by atoms with E-state index in [1.807, 2.05) is 0 Å². The minimum atomic E-state index is -0.490. The highest BCUT2D eigenvalue weighted by atomic mass is 16.3. The van der Waals surface area contributed by atoms with Gasteiger partial charge in [0.2, 0.25) is 0 Å². The largest absolute Gasteiger partial charge is 0.389 e. The molecule has 1 aromatic rings. The summed E-state index contributed by atoms with van der Waals surface area (Å²) in [6.45, 7) is 2.13. The van der Waals surface area contributed by atoms with Gasteiger partial charge in [-0.1, -0.05) is 0 Å². The van der Waals surface area contributed by atoms with Crippen LogP contribution in [-0.4, -0.2) is 57.4 Å². The Bertz CT molecular complexity index is 476. The first-order valence-corrected chi connectivity index (χ1v) is 7.75. The molecule has 2 aliphatic rings. The third-order valence-electron chi connectivity index (χ3n) is 4.59. The molecule has 0 unspecified atom stereocenters. The average Bonchev–Trinajstić information content (AvgIpc) is 3.04. The number of amides is 1. The molecule has 2 N–H and O–H groups in total. The fourth-order valence-electron chi connectivity index (χ4n) is 3.46. The molecule has 6 nitrogen and oxygen atoms in total. The predicted molar refractivity (Wildman–Crippen MR) is 77.7 cm³/mol. The SMILES string of the molecule is O=C(N[C@@H]1CCC[C@@H](N2CCCC2)[C@@H]1O)c1ccnnc1. The molecule has 0 bridgehead atoms. The molecule has 2 fully saturated rings. The number of hydrogen-bond acceptors (Lipinski definition) is 5. The molecule has 2 heterocycles. The van der Waals surface area contributed by atoms with Crippen molar-refractivity contribution < 1.29 is 9.90 Å². The van der Waals surface area contributed by atoms with Crippen molar-refractivity contribution in [2.75, 3.05) is 13.1 Å². The Kier molecular flexibility index (Phi) is 4.45. The lowest BCUT2D eigenvalue weighted by molar-refractivity contribution is 0.00703. The van der Waals surface area contributed by atoms with Gasteiger partial charge in [-0.05, 0) is 51.3 Å². The van der Waals surface area contributed by atoms with Gasteiger partial charge < -0.3 is 10.4 Å². The van der Waals surface area contributed by atoms with Gasteiger partial charge in [-0.3, -0.25) is 9.69 Å². The van der Waals surface area contributed by atoms with Crippen LogP contribution in [-0.2, 0) is 0 Å². The van der Waals surface area contributed by atoms with Crippen LogP contribution in [0, 0.1) is 0 Å². The van der Waals surface area contributed by atoms with E-state index in [0.29, 0.717) is 5.56 Å². The minimum absolute atomic E-state index is 0.176. The Morgan fingerprint density at radius 3 is 2.76 bits per heavy atom. The monoisotopic (exact) mass is 290 g/mol. The van der Waals surface area contributed by atoms with Crippen LogP contribution in [0.4, 0.5) is 0 Å². The van der Waals surface area contributed by atoms with Crippen LogP contribution < -0.4 is 5.32 Å². The first-order valence-electron chi connectivity index (χ1n) is 7.75. The van der Waals surface area contributed by atoms with Crippen LogP contribution in [0.5, 0.6) is 0 Å². The molecule has 1 aromatic heterocycles. The number of carbonyl (C=O) groups is 1. The fourth-order valence-corrected chi connectivity index (χ4v) is 3.46. The van der Waals surface area contributed by atoms with Gasteiger partial charge in [0.15, 0.2) is 0 Å². The van der Waals surface area contributed by atoms with E-state index in [2.05, 4.69) is 20.4 Å². The summed E-state index contributed by atoms with van der Waals surface area (Å²) in [7, 11) is 0. The van der Waals surface area contributed by atoms with Crippen molar-refractivity contribution in [2.45, 2.75) is 50.3 Å². The van der Waals surface area contributed by atoms with E-state index in [0.717, 1.165) is 32.4 Å². The van der Waals surface area contributed by atoms with Crippen LogP contribution in [0.25, 0.3) is 0 Å². The number of nitrogens with one attached hydrogen (secondary N) is 1. The number of rotatable bonds is 3. The van der Waals surface area contributed by atoms with E-state index < -0.39 is 6.10 Å². The summed E-state index contributed by atoms with van der Waals surface area (Å²) in [4.78, 5) is 14.6. The molecule has 114 valence electrons. The van der Waals surface area contributed by atoms with Crippen LogP contribution >= 0.6 is 0 Å². The number of hydrogen-bond donors (Lipinski definition) is 2. The Morgan fingerprint density at radius 1 is 1.24 bits per heavy atom. The summed E-state index contributed by atoms with van der Waals surface area (Å²) in [5, 5.41) is 20.9. The molecule has 1 aliphatic heterocycles. The number of aliphatic hydroxyl groups excluding tert-OH is 1. The van der Waals surface area contributed by atoms with Crippen molar-refractivity contribution in [1.82, 2.24) is 20.4 Å². The number of aliphatic hydroxyl groups is 1. The first kappa shape index (κ1) is 14.4. The first-order chi connectivity index (χ1) is 10.3. The minimum Gasteiger partial charge on any atom is -0.389 e. The van der Waals surface area contributed by atoms with Crippen molar-refractivity contribution in [3.05, 3.63) is 24.0 Å². The van der Waals surface area contributed by atoms with Crippen molar-refractivity contribution >= 4 is 5.91 Å². The summed E-state index contributed by atoms with van der Waals surface area (Å²) in [5.74, 6) is -0.184. The molecule has 3 rings (SSSR count). The second-order valence-electron chi connectivity index (χ2n) is 5.94. The molecule has 3 atom stereocenters. The van der Waals surface area contributed by atoms with Crippen molar-refractivity contribution in [2.24, 2.45) is 0 Å². The topological polar surface area (TPSA) is 78.4 Å². The molecule has 1 saturated carbocycles. The van der Waals surface area contributed by atoms with Gasteiger partial charge >= 0.3 is 0 Å². The summed E-state index contributed by atoms with van der Waals surface area (Å²) >= 11 is 0. The maximum Gasteiger partial charge on any atom is 0.253 e. The molecule has 0 radical (unpaired) electrons. The molecular formula is C15H22N4O2. The normalized spacial score (nSPS) is 30.2. The van der Waals surface area contributed by atoms with Crippen LogP contribution in [0.1, 0.15) is 42.5 Å². The van der Waals surface area contributed by atoms with E-state index >= 15 is 0 Å². The highest BCUT2D eigenvalue weighted by molar-refractivity contribution is 5.93. The third kappa shape index (κ3) is 3.22. The second-order valence-corrected chi connectivity index (χ2v) is 5.94. The van der Waals surface area contributed by atoms with Crippen LogP contribution in [0.3, 0.4) is 0 Å². The quantitative estimate of drug-likeness (QED) is 0.851. The van der Waals surface area contributed by atoms with Crippen molar-refractivity contribution in [3.8, 4) is 0 Å². The fraction of sp³-hybridized carbons (Fsp3) is 0.667. The number of nitrogens with zero attached hydrogens (tertiary/aromatic N) is 3. The Hall–Kier alpha value is -1.53. The van der Waals surface area contributed by atoms with E-state index in [9.17, 15) is 9.90 Å². The zero-order chi connectivity index (χ0) is 14.7. The van der Waals surface area contributed by atoms with Gasteiger partial charge in [-0.25, -0.2) is 0 Å². The number of aromatic nitrogens is 2. The molecule has 21 heavy (non-hydrogen) atoms. The van der Waals surface area contributed by atoms with E-state index in [1.165, 1.54) is 25.2 Å². The van der Waals surface area contributed by atoms with Crippen molar-refractivity contribution in [3.63, 3.8) is 0 Å². The molecular weight excluding hydrogens is 268 g/mol. The molecule has 0 aromatic carbocycles. The lowest BCUT2D eigenvalue weighted by Crippen LogP contribution is -2.56. The zero-order valence-corrected chi connectivity index (χ0v) is 12.1. The summed E-state index contributed by atoms with van der Waals surface area (Å²) < 4.78 is 0. The van der Waals surface area contributed by atoms with Crippen LogP contribution in [0.2, 0.25) is 0 Å². The van der Waals surface area contributed by atoms with Gasteiger partial charge in [0.1, 0.15) is 0 Å². The maximum atomic E-state index is 12.2. The molecule has 6 heteroatoms. The standard InChI is InChI=1S/C15H22N4O2/c20-14-12(18-15(21)11-6-7-16-17-10-11)4-3-5-13(14)19-8-1-2-9-19/h6-7,10,12-14,20H,1-5,8-9H2,(H,18,21)/t12-,13-,14-/m1/s1. The van der Waals surface area contributed by atoms with Gasteiger partial charge in [0.25, 0.3) is 5.91 Å². The predicted octanol–water partition coefficient (Wildman–Crippen LogP) is 0.584. The lowest BCUT2D eigenvalue weighted by Gasteiger charge is -2.40. The molecule has 0 spiro atoms. The zero-order valence-electron chi connectivity index (χ0n) is 12.1. The lowest BCUT2D eigenvalue weighted by atomic mass is 9.87. The van der Waals surface area contributed by atoms with Gasteiger partial charge in [0, 0.05) is 6.04 Å². The van der Waals surface area contributed by atoms with Crippen molar-refractivity contribution in [1.29, 1.82) is 0 Å². The van der Waals surface area contributed by atoms with Gasteiger partial charge in [-0.15, -0.1) is 0 Å². The van der Waals surface area contributed by atoms with E-state index in [4.69, 9.17) is 0 Å². The third-order valence-corrected chi connectivity index (χ3v) is 4.59. The Balaban J connectivity index is 1.63. The average molecular weight is 290 g/mol. The number of carbonyl (C=O) groups excluding carboxylic acids is 1. The maximum absolute atomic E-state index is 12.2. The van der Waals surface area contributed by atoms with Gasteiger partial charge in [0.05, 0.1) is 30.1 Å². The van der Waals surface area contributed by atoms with E-state index in [-0.39, 0.29) is 18.0 Å². The highest BCUT2D eigenvalue weighted by Crippen LogP contribution is 2.26. The highest BCUT2D eigenvalue weighted by Gasteiger charge is 2.37. The second kappa shape index (κ2) is 6.49. The summed E-state index contributed by atoms with van der Waals surface area (Å²) in [6.07, 6.45) is 7.77. The summed E-state index contributed by atoms with van der Waals surface area (Å²) in [6, 6.07) is 1.64. The Labute approximate surface area is 124 Å². The smallest absolute Gasteiger partial charge is 0.253 e.